The highest BCUT2D eigenvalue weighted by Gasteiger charge is 2.09. The molecule has 0 aliphatic heterocycles. The van der Waals surface area contributed by atoms with Gasteiger partial charge < -0.3 is 10.1 Å². The summed E-state index contributed by atoms with van der Waals surface area (Å²) in [5.74, 6) is 0.582. The van der Waals surface area contributed by atoms with E-state index in [4.69, 9.17) is 4.74 Å². The molecule has 0 saturated carbocycles. The van der Waals surface area contributed by atoms with Crippen LogP contribution in [0.25, 0.3) is 10.2 Å². The van der Waals surface area contributed by atoms with Gasteiger partial charge in [0, 0.05) is 6.54 Å². The molecule has 3 aromatic rings. The number of rotatable bonds is 6. The van der Waals surface area contributed by atoms with Crippen LogP contribution in [-0.2, 0) is 17.8 Å². The van der Waals surface area contributed by atoms with Crippen molar-refractivity contribution in [3.05, 3.63) is 58.0 Å². The van der Waals surface area contributed by atoms with Crippen LogP contribution in [0, 0.1) is 0 Å². The van der Waals surface area contributed by atoms with Gasteiger partial charge in [-0.1, -0.05) is 18.2 Å². The van der Waals surface area contributed by atoms with Gasteiger partial charge in [-0.15, -0.1) is 11.3 Å². The minimum absolute atomic E-state index is 0.0382. The predicted molar refractivity (Wildman–Crippen MR) is 93.6 cm³/mol. The van der Waals surface area contributed by atoms with Crippen LogP contribution in [0.4, 0.5) is 0 Å². The number of ether oxygens (including phenoxy) is 1. The number of methoxy groups -OCH3 is 1. The number of benzene rings is 1. The van der Waals surface area contributed by atoms with Gasteiger partial charge in [-0.25, -0.2) is 4.98 Å². The van der Waals surface area contributed by atoms with Crippen molar-refractivity contribution < 1.29 is 9.53 Å². The monoisotopic (exact) mass is 343 g/mol. The molecule has 3 rings (SSSR count). The summed E-state index contributed by atoms with van der Waals surface area (Å²) in [6, 6.07) is 9.41. The molecule has 0 bridgehead atoms. The molecule has 0 saturated heterocycles. The van der Waals surface area contributed by atoms with Crippen molar-refractivity contribution in [3.8, 4) is 5.75 Å². The van der Waals surface area contributed by atoms with E-state index in [0.29, 0.717) is 23.2 Å². The van der Waals surface area contributed by atoms with Crippen molar-refractivity contribution in [2.75, 3.05) is 13.7 Å². The van der Waals surface area contributed by atoms with Crippen molar-refractivity contribution in [2.45, 2.75) is 13.0 Å². The number of fused-ring (bicyclic) bond motifs is 1. The fourth-order valence-corrected chi connectivity index (χ4v) is 3.19. The summed E-state index contributed by atoms with van der Waals surface area (Å²) in [7, 11) is 1.62. The van der Waals surface area contributed by atoms with Crippen molar-refractivity contribution in [2.24, 2.45) is 0 Å². The second kappa shape index (κ2) is 7.27. The third-order valence-corrected chi connectivity index (χ3v) is 4.49. The first-order chi connectivity index (χ1) is 11.7. The highest BCUT2D eigenvalue weighted by molar-refractivity contribution is 7.16. The number of carbonyl (C=O) groups is 1. The van der Waals surface area contributed by atoms with Crippen LogP contribution in [0.1, 0.15) is 5.56 Å². The van der Waals surface area contributed by atoms with E-state index in [2.05, 4.69) is 10.3 Å². The number of hydrogen-bond acceptors (Lipinski definition) is 5. The quantitative estimate of drug-likeness (QED) is 0.741. The molecule has 2 heterocycles. The molecule has 0 spiro atoms. The molecule has 0 fully saturated rings. The van der Waals surface area contributed by atoms with Gasteiger partial charge in [-0.05, 0) is 29.5 Å². The number of nitrogens with zero attached hydrogens (tertiary/aromatic N) is 2. The van der Waals surface area contributed by atoms with Gasteiger partial charge in [0.25, 0.3) is 5.56 Å². The van der Waals surface area contributed by atoms with Crippen LogP contribution in [-0.4, -0.2) is 29.1 Å². The van der Waals surface area contributed by atoms with E-state index in [9.17, 15) is 9.59 Å². The average molecular weight is 343 g/mol. The minimum Gasteiger partial charge on any atom is -0.496 e. The Morgan fingerprint density at radius 1 is 1.33 bits per heavy atom. The zero-order valence-corrected chi connectivity index (χ0v) is 14.0. The fourth-order valence-electron chi connectivity index (χ4n) is 2.46. The molecule has 0 aliphatic carbocycles. The van der Waals surface area contributed by atoms with Gasteiger partial charge in [0.05, 0.1) is 18.8 Å². The summed E-state index contributed by atoms with van der Waals surface area (Å²) in [4.78, 5) is 29.2. The lowest BCUT2D eigenvalue weighted by Gasteiger charge is -2.09. The number of thiophene rings is 1. The molecule has 2 aromatic heterocycles. The molecular weight excluding hydrogens is 326 g/mol. The summed E-state index contributed by atoms with van der Waals surface area (Å²) in [6.07, 6.45) is 2.08. The maximum Gasteiger partial charge on any atom is 0.262 e. The van der Waals surface area contributed by atoms with Crippen LogP contribution < -0.4 is 15.6 Å². The number of nitrogens with one attached hydrogen (secondary N) is 1. The summed E-state index contributed by atoms with van der Waals surface area (Å²) in [5.41, 5.74) is 0.833. The number of hydrogen-bond donors (Lipinski definition) is 1. The smallest absolute Gasteiger partial charge is 0.262 e. The molecule has 124 valence electrons. The molecule has 1 amide bonds. The zero-order valence-electron chi connectivity index (χ0n) is 13.2. The average Bonchev–Trinajstić information content (AvgIpc) is 3.07. The minimum atomic E-state index is -0.219. The van der Waals surface area contributed by atoms with Crippen molar-refractivity contribution in [3.63, 3.8) is 0 Å². The van der Waals surface area contributed by atoms with Gasteiger partial charge >= 0.3 is 0 Å². The van der Waals surface area contributed by atoms with E-state index in [0.717, 1.165) is 11.3 Å². The van der Waals surface area contributed by atoms with Crippen LogP contribution in [0.3, 0.4) is 0 Å². The molecule has 7 heteroatoms. The second-order valence-electron chi connectivity index (χ2n) is 5.23. The number of aromatic nitrogens is 2. The van der Waals surface area contributed by atoms with Gasteiger partial charge in [-0.3, -0.25) is 14.2 Å². The molecule has 0 atom stereocenters. The lowest BCUT2D eigenvalue weighted by atomic mass is 10.1. The van der Waals surface area contributed by atoms with E-state index in [1.807, 2.05) is 29.6 Å². The van der Waals surface area contributed by atoms with Crippen LogP contribution in [0.5, 0.6) is 5.75 Å². The maximum absolute atomic E-state index is 12.2. The Labute approximate surface area is 142 Å². The Kier molecular flexibility index (Phi) is 4.90. The summed E-state index contributed by atoms with van der Waals surface area (Å²) >= 11 is 1.41. The Bertz CT molecular complexity index is 917. The van der Waals surface area contributed by atoms with Gasteiger partial charge in [-0.2, -0.15) is 0 Å². The van der Waals surface area contributed by atoms with Crippen molar-refractivity contribution in [1.29, 1.82) is 0 Å². The number of carbonyl (C=O) groups excluding carboxylic acids is 1. The Hall–Kier alpha value is -2.67. The zero-order chi connectivity index (χ0) is 16.9. The van der Waals surface area contributed by atoms with Crippen LogP contribution >= 0.6 is 11.3 Å². The molecule has 6 nitrogen and oxygen atoms in total. The summed E-state index contributed by atoms with van der Waals surface area (Å²) in [6.45, 7) is 0.436. The lowest BCUT2D eigenvalue weighted by Crippen LogP contribution is -2.33. The Morgan fingerprint density at radius 3 is 3.00 bits per heavy atom. The summed E-state index contributed by atoms with van der Waals surface area (Å²) in [5, 5.41) is 5.18. The first kappa shape index (κ1) is 16.2. The molecule has 24 heavy (non-hydrogen) atoms. The van der Waals surface area contributed by atoms with E-state index < -0.39 is 0 Å². The topological polar surface area (TPSA) is 73.2 Å². The van der Waals surface area contributed by atoms with E-state index in [1.165, 1.54) is 22.2 Å². The van der Waals surface area contributed by atoms with Crippen molar-refractivity contribution >= 4 is 27.5 Å². The maximum atomic E-state index is 12.2. The highest BCUT2D eigenvalue weighted by Crippen LogP contribution is 2.17. The molecule has 1 aromatic carbocycles. The first-order valence-corrected chi connectivity index (χ1v) is 8.38. The molecule has 0 aliphatic rings. The number of amides is 1. The van der Waals surface area contributed by atoms with Crippen molar-refractivity contribution in [1.82, 2.24) is 14.9 Å². The first-order valence-electron chi connectivity index (χ1n) is 7.50. The molecule has 1 N–H and O–H groups in total. The number of para-hydroxylation sites is 1. The van der Waals surface area contributed by atoms with E-state index >= 15 is 0 Å². The summed E-state index contributed by atoms with van der Waals surface area (Å²) < 4.78 is 6.61. The van der Waals surface area contributed by atoms with E-state index in [-0.39, 0.29) is 18.0 Å². The molecule has 0 radical (unpaired) electrons. The second-order valence-corrected chi connectivity index (χ2v) is 6.12. The normalized spacial score (nSPS) is 10.7. The molecule has 0 unspecified atom stereocenters. The van der Waals surface area contributed by atoms with Gasteiger partial charge in [0.15, 0.2) is 0 Å². The third kappa shape index (κ3) is 3.46. The Balaban J connectivity index is 1.59. The standard InChI is InChI=1S/C17H17N3O3S/c1-23-14-5-3-2-4-12(14)6-8-18-15(21)10-20-11-19-16-13(17(20)22)7-9-24-16/h2-5,7,9,11H,6,8,10H2,1H3,(H,18,21). The van der Waals surface area contributed by atoms with Gasteiger partial charge in [0.1, 0.15) is 17.1 Å². The fraction of sp³-hybridized carbons (Fsp3) is 0.235. The SMILES string of the molecule is COc1ccccc1CCNC(=O)Cn1cnc2sccc2c1=O. The van der Waals surface area contributed by atoms with Gasteiger partial charge in [0.2, 0.25) is 5.91 Å². The Morgan fingerprint density at radius 2 is 2.17 bits per heavy atom. The van der Waals surface area contributed by atoms with E-state index in [1.54, 1.807) is 13.2 Å². The lowest BCUT2D eigenvalue weighted by molar-refractivity contribution is -0.121. The third-order valence-electron chi connectivity index (χ3n) is 3.67. The largest absolute Gasteiger partial charge is 0.496 e. The predicted octanol–water partition coefficient (Wildman–Crippen LogP) is 1.83. The van der Waals surface area contributed by atoms with Crippen LogP contribution in [0.2, 0.25) is 0 Å². The molecular formula is C17H17N3O3S. The highest BCUT2D eigenvalue weighted by atomic mass is 32.1. The van der Waals surface area contributed by atoms with Crippen LogP contribution in [0.15, 0.2) is 46.8 Å².